The molecule has 96 valence electrons. The highest BCUT2D eigenvalue weighted by Crippen LogP contribution is 2.21. The molecule has 1 unspecified atom stereocenters. The van der Waals surface area contributed by atoms with E-state index in [2.05, 4.69) is 0 Å². The maximum absolute atomic E-state index is 11.6. The number of hydrogen-bond donors (Lipinski definition) is 0. The summed E-state index contributed by atoms with van der Waals surface area (Å²) in [5, 5.41) is 0. The Kier molecular flexibility index (Phi) is 7.34. The van der Waals surface area contributed by atoms with Crippen molar-refractivity contribution in [1.29, 1.82) is 0 Å². The van der Waals surface area contributed by atoms with E-state index in [4.69, 9.17) is 14.2 Å². The minimum Gasteiger partial charge on any atom is -0.463 e. The predicted molar refractivity (Wildman–Crippen MR) is 62.1 cm³/mol. The first-order chi connectivity index (χ1) is 7.44. The van der Waals surface area contributed by atoms with Gasteiger partial charge in [-0.05, 0) is 34.1 Å². The van der Waals surface area contributed by atoms with Crippen molar-refractivity contribution < 1.29 is 19.0 Å². The van der Waals surface area contributed by atoms with Crippen LogP contribution in [0.3, 0.4) is 0 Å². The molecule has 16 heavy (non-hydrogen) atoms. The van der Waals surface area contributed by atoms with Crippen molar-refractivity contribution in [2.24, 2.45) is 5.41 Å². The standard InChI is InChI=1S/C12H24O4/c1-6-12(4,5)11(13)16-9-8-15-10(3)14-7-2/h10H,6-9H2,1-5H3. The van der Waals surface area contributed by atoms with Crippen LogP contribution in [0.5, 0.6) is 0 Å². The summed E-state index contributed by atoms with van der Waals surface area (Å²) in [5.41, 5.74) is -0.411. The Morgan fingerprint density at radius 1 is 1.19 bits per heavy atom. The minimum atomic E-state index is -0.411. The second-order valence-electron chi connectivity index (χ2n) is 4.27. The lowest BCUT2D eigenvalue weighted by Gasteiger charge is -2.20. The molecule has 0 aromatic carbocycles. The number of ether oxygens (including phenoxy) is 3. The fraction of sp³-hybridized carbons (Fsp3) is 0.917. The van der Waals surface area contributed by atoms with Gasteiger partial charge in [0.05, 0.1) is 12.0 Å². The molecular weight excluding hydrogens is 208 g/mol. The Hall–Kier alpha value is -0.610. The fourth-order valence-electron chi connectivity index (χ4n) is 0.971. The normalized spacial score (nSPS) is 13.6. The van der Waals surface area contributed by atoms with E-state index >= 15 is 0 Å². The molecule has 0 saturated carbocycles. The zero-order chi connectivity index (χ0) is 12.6. The van der Waals surface area contributed by atoms with Gasteiger partial charge in [-0.2, -0.15) is 0 Å². The second kappa shape index (κ2) is 7.63. The Morgan fingerprint density at radius 2 is 1.81 bits per heavy atom. The predicted octanol–water partition coefficient (Wildman–Crippen LogP) is 2.36. The van der Waals surface area contributed by atoms with Crippen molar-refractivity contribution in [3.8, 4) is 0 Å². The summed E-state index contributed by atoms with van der Waals surface area (Å²) >= 11 is 0. The van der Waals surface area contributed by atoms with E-state index in [-0.39, 0.29) is 18.9 Å². The van der Waals surface area contributed by atoms with Crippen LogP contribution in [-0.2, 0) is 19.0 Å². The highest BCUT2D eigenvalue weighted by atomic mass is 16.7. The van der Waals surface area contributed by atoms with Gasteiger partial charge in [-0.3, -0.25) is 4.79 Å². The second-order valence-corrected chi connectivity index (χ2v) is 4.27. The Bertz CT molecular complexity index is 201. The molecule has 0 aromatic heterocycles. The van der Waals surface area contributed by atoms with E-state index in [0.29, 0.717) is 13.2 Å². The van der Waals surface area contributed by atoms with E-state index in [1.54, 1.807) is 0 Å². The molecule has 0 aliphatic heterocycles. The van der Waals surface area contributed by atoms with Gasteiger partial charge in [-0.15, -0.1) is 0 Å². The van der Waals surface area contributed by atoms with Gasteiger partial charge in [0.25, 0.3) is 0 Å². The van der Waals surface area contributed by atoms with E-state index < -0.39 is 5.41 Å². The molecule has 0 N–H and O–H groups in total. The largest absolute Gasteiger partial charge is 0.463 e. The first-order valence-corrected chi connectivity index (χ1v) is 5.84. The third kappa shape index (κ3) is 6.08. The van der Waals surface area contributed by atoms with Gasteiger partial charge in [-0.25, -0.2) is 0 Å². The van der Waals surface area contributed by atoms with Gasteiger partial charge in [0, 0.05) is 6.61 Å². The quantitative estimate of drug-likeness (QED) is 0.366. The zero-order valence-electron chi connectivity index (χ0n) is 11.0. The molecule has 0 spiro atoms. The summed E-state index contributed by atoms with van der Waals surface area (Å²) in [5.74, 6) is -0.178. The van der Waals surface area contributed by atoms with Crippen LogP contribution in [0.1, 0.15) is 41.0 Å². The molecular formula is C12H24O4. The lowest BCUT2D eigenvalue weighted by Crippen LogP contribution is -2.27. The molecule has 0 bridgehead atoms. The fourth-order valence-corrected chi connectivity index (χ4v) is 0.971. The highest BCUT2D eigenvalue weighted by molar-refractivity contribution is 5.75. The molecule has 4 heteroatoms. The van der Waals surface area contributed by atoms with Gasteiger partial charge in [0.15, 0.2) is 6.29 Å². The van der Waals surface area contributed by atoms with Crippen LogP contribution in [0.25, 0.3) is 0 Å². The van der Waals surface area contributed by atoms with E-state index in [1.165, 1.54) is 0 Å². The van der Waals surface area contributed by atoms with Crippen molar-refractivity contribution in [2.75, 3.05) is 19.8 Å². The first-order valence-electron chi connectivity index (χ1n) is 5.84. The van der Waals surface area contributed by atoms with Crippen LogP contribution >= 0.6 is 0 Å². The van der Waals surface area contributed by atoms with Gasteiger partial charge in [0.1, 0.15) is 6.61 Å². The third-order valence-corrected chi connectivity index (χ3v) is 2.51. The SMILES string of the molecule is CCOC(C)OCCOC(=O)C(C)(C)CC. The molecule has 0 fully saturated rings. The van der Waals surface area contributed by atoms with Gasteiger partial charge in [-0.1, -0.05) is 6.92 Å². The van der Waals surface area contributed by atoms with Crippen LogP contribution in [0, 0.1) is 5.41 Å². The molecule has 0 aliphatic rings. The summed E-state index contributed by atoms with van der Waals surface area (Å²) in [7, 11) is 0. The number of carbonyl (C=O) groups is 1. The Balaban J connectivity index is 3.63. The lowest BCUT2D eigenvalue weighted by molar-refractivity contribution is -0.163. The molecule has 0 amide bonds. The van der Waals surface area contributed by atoms with Gasteiger partial charge in [0.2, 0.25) is 0 Å². The molecule has 0 heterocycles. The van der Waals surface area contributed by atoms with Crippen LogP contribution in [0.4, 0.5) is 0 Å². The zero-order valence-corrected chi connectivity index (χ0v) is 11.0. The number of hydrogen-bond acceptors (Lipinski definition) is 4. The number of esters is 1. The maximum atomic E-state index is 11.6. The number of rotatable bonds is 8. The average molecular weight is 232 g/mol. The lowest BCUT2D eigenvalue weighted by atomic mass is 9.91. The Morgan fingerprint density at radius 3 is 2.31 bits per heavy atom. The van der Waals surface area contributed by atoms with Gasteiger partial charge < -0.3 is 14.2 Å². The molecule has 4 nitrogen and oxygen atoms in total. The molecule has 0 aromatic rings. The molecule has 0 aliphatic carbocycles. The minimum absolute atomic E-state index is 0.178. The van der Waals surface area contributed by atoms with Crippen LogP contribution in [0.15, 0.2) is 0 Å². The third-order valence-electron chi connectivity index (χ3n) is 2.51. The highest BCUT2D eigenvalue weighted by Gasteiger charge is 2.26. The molecule has 0 saturated heterocycles. The smallest absolute Gasteiger partial charge is 0.311 e. The van der Waals surface area contributed by atoms with Crippen molar-refractivity contribution >= 4 is 5.97 Å². The molecule has 0 rings (SSSR count). The summed E-state index contributed by atoms with van der Waals surface area (Å²) in [6.45, 7) is 10.7. The first kappa shape index (κ1) is 15.4. The monoisotopic (exact) mass is 232 g/mol. The van der Waals surface area contributed by atoms with Crippen LogP contribution < -0.4 is 0 Å². The van der Waals surface area contributed by atoms with Crippen LogP contribution in [0.2, 0.25) is 0 Å². The Labute approximate surface area is 98.3 Å². The maximum Gasteiger partial charge on any atom is 0.311 e. The summed E-state index contributed by atoms with van der Waals surface area (Å²) in [4.78, 5) is 11.6. The van der Waals surface area contributed by atoms with E-state index in [1.807, 2.05) is 34.6 Å². The molecule has 0 radical (unpaired) electrons. The van der Waals surface area contributed by atoms with E-state index in [9.17, 15) is 4.79 Å². The summed E-state index contributed by atoms with van der Waals surface area (Å²) in [6.07, 6.45) is 0.519. The van der Waals surface area contributed by atoms with Crippen molar-refractivity contribution in [1.82, 2.24) is 0 Å². The van der Waals surface area contributed by atoms with Crippen molar-refractivity contribution in [3.63, 3.8) is 0 Å². The molecule has 1 atom stereocenters. The van der Waals surface area contributed by atoms with Crippen molar-refractivity contribution in [3.05, 3.63) is 0 Å². The topological polar surface area (TPSA) is 44.8 Å². The summed E-state index contributed by atoms with van der Waals surface area (Å²) < 4.78 is 15.6. The summed E-state index contributed by atoms with van der Waals surface area (Å²) in [6, 6.07) is 0. The van der Waals surface area contributed by atoms with Crippen molar-refractivity contribution in [2.45, 2.75) is 47.3 Å². The van der Waals surface area contributed by atoms with E-state index in [0.717, 1.165) is 6.42 Å². The number of carbonyl (C=O) groups excluding carboxylic acids is 1. The average Bonchev–Trinajstić information content (AvgIpc) is 2.24. The van der Waals surface area contributed by atoms with Crippen LogP contribution in [-0.4, -0.2) is 32.1 Å². The van der Waals surface area contributed by atoms with Gasteiger partial charge >= 0.3 is 5.97 Å².